The standard InChI is InChI=1S/C20H22F2N2O4/c1-13-7-8-15(24(13)19(21)22)17(26)23-10-9-16(25)20(12-23,18(27)28)11-14-5-3-2-4-6-14/h2-8,16,19,25H,9-12H2,1H3,(H,27,28)/t16-,20-/m1/s1. The Balaban J connectivity index is 1.92. The van der Waals surface area contributed by atoms with Crippen LogP contribution < -0.4 is 0 Å². The fourth-order valence-electron chi connectivity index (χ4n) is 3.82. The number of alkyl halides is 2. The Hall–Kier alpha value is -2.74. The zero-order chi connectivity index (χ0) is 20.5. The molecule has 8 heteroatoms. The third kappa shape index (κ3) is 3.52. The van der Waals surface area contributed by atoms with Crippen molar-refractivity contribution in [1.29, 1.82) is 0 Å². The molecule has 1 aromatic carbocycles. The lowest BCUT2D eigenvalue weighted by Crippen LogP contribution is -2.58. The van der Waals surface area contributed by atoms with Crippen LogP contribution in [0.25, 0.3) is 0 Å². The topological polar surface area (TPSA) is 82.8 Å². The first-order valence-electron chi connectivity index (χ1n) is 8.97. The number of carboxylic acid groups (broad SMARTS) is 1. The maximum atomic E-state index is 13.3. The number of carboxylic acids is 1. The number of aryl methyl sites for hydroxylation is 1. The van der Waals surface area contributed by atoms with E-state index in [0.717, 1.165) is 0 Å². The van der Waals surface area contributed by atoms with Crippen LogP contribution in [0.5, 0.6) is 0 Å². The number of amides is 1. The van der Waals surface area contributed by atoms with Gasteiger partial charge in [-0.3, -0.25) is 14.2 Å². The number of likely N-dealkylation sites (tertiary alicyclic amines) is 1. The number of benzene rings is 1. The molecule has 0 unspecified atom stereocenters. The number of rotatable bonds is 5. The second-order valence-electron chi connectivity index (χ2n) is 7.16. The molecular formula is C20H22F2N2O4. The molecule has 1 fully saturated rings. The summed E-state index contributed by atoms with van der Waals surface area (Å²) < 4.78 is 27.3. The van der Waals surface area contributed by atoms with E-state index in [1.165, 1.54) is 24.0 Å². The third-order valence-corrected chi connectivity index (χ3v) is 5.40. The second-order valence-corrected chi connectivity index (χ2v) is 7.16. The largest absolute Gasteiger partial charge is 0.481 e. The van der Waals surface area contributed by atoms with Gasteiger partial charge < -0.3 is 15.1 Å². The number of hydrogen-bond acceptors (Lipinski definition) is 3. The molecule has 2 aromatic rings. The molecule has 0 bridgehead atoms. The summed E-state index contributed by atoms with van der Waals surface area (Å²) in [6.07, 6.45) is -1.07. The molecule has 0 aliphatic carbocycles. The van der Waals surface area contributed by atoms with Gasteiger partial charge in [0.05, 0.1) is 6.10 Å². The van der Waals surface area contributed by atoms with Gasteiger partial charge in [0, 0.05) is 18.8 Å². The first kappa shape index (κ1) is 20.0. The van der Waals surface area contributed by atoms with Crippen LogP contribution in [0, 0.1) is 12.3 Å². The van der Waals surface area contributed by atoms with E-state index in [2.05, 4.69) is 0 Å². The van der Waals surface area contributed by atoms with Crippen molar-refractivity contribution in [2.24, 2.45) is 5.41 Å². The molecule has 6 nitrogen and oxygen atoms in total. The fraction of sp³-hybridized carbons (Fsp3) is 0.400. The number of hydrogen-bond donors (Lipinski definition) is 2. The molecule has 0 saturated carbocycles. The van der Waals surface area contributed by atoms with Crippen LogP contribution in [-0.4, -0.2) is 50.8 Å². The number of piperidine rings is 1. The molecular weight excluding hydrogens is 370 g/mol. The lowest BCUT2D eigenvalue weighted by atomic mass is 9.72. The number of aliphatic hydroxyl groups excluding tert-OH is 1. The smallest absolute Gasteiger partial charge is 0.319 e. The number of aliphatic carboxylic acids is 1. The van der Waals surface area contributed by atoms with E-state index in [-0.39, 0.29) is 37.3 Å². The molecule has 2 atom stereocenters. The van der Waals surface area contributed by atoms with Gasteiger partial charge in [-0.15, -0.1) is 0 Å². The summed E-state index contributed by atoms with van der Waals surface area (Å²) in [5, 5.41) is 20.4. The van der Waals surface area contributed by atoms with Crippen molar-refractivity contribution in [3.63, 3.8) is 0 Å². The van der Waals surface area contributed by atoms with Crippen LogP contribution in [0.1, 0.15) is 34.7 Å². The molecule has 150 valence electrons. The van der Waals surface area contributed by atoms with E-state index >= 15 is 0 Å². The highest BCUT2D eigenvalue weighted by Gasteiger charge is 2.50. The number of carbonyl (C=O) groups excluding carboxylic acids is 1. The summed E-state index contributed by atoms with van der Waals surface area (Å²) in [6.45, 7) is -1.57. The monoisotopic (exact) mass is 392 g/mol. The quantitative estimate of drug-likeness (QED) is 0.820. The van der Waals surface area contributed by atoms with E-state index in [0.29, 0.717) is 10.1 Å². The average molecular weight is 392 g/mol. The summed E-state index contributed by atoms with van der Waals surface area (Å²) in [7, 11) is 0. The SMILES string of the molecule is Cc1ccc(C(=O)N2CC[C@@H](O)[C@](Cc3ccccc3)(C(=O)O)C2)n1C(F)F. The van der Waals surface area contributed by atoms with Gasteiger partial charge in [-0.05, 0) is 37.5 Å². The summed E-state index contributed by atoms with van der Waals surface area (Å²) in [4.78, 5) is 26.3. The van der Waals surface area contributed by atoms with Gasteiger partial charge in [0.25, 0.3) is 5.91 Å². The Morgan fingerprint density at radius 1 is 1.21 bits per heavy atom. The Kier molecular flexibility index (Phi) is 5.51. The van der Waals surface area contributed by atoms with Crippen LogP contribution in [0.15, 0.2) is 42.5 Å². The minimum absolute atomic E-state index is 0.0308. The minimum atomic E-state index is -2.88. The van der Waals surface area contributed by atoms with Crippen molar-refractivity contribution in [3.8, 4) is 0 Å². The van der Waals surface area contributed by atoms with Crippen molar-refractivity contribution in [3.05, 3.63) is 59.4 Å². The van der Waals surface area contributed by atoms with Crippen molar-refractivity contribution in [2.75, 3.05) is 13.1 Å². The molecule has 1 aliphatic rings. The highest BCUT2D eigenvalue weighted by atomic mass is 19.3. The fourth-order valence-corrected chi connectivity index (χ4v) is 3.82. The van der Waals surface area contributed by atoms with Gasteiger partial charge in [-0.2, -0.15) is 8.78 Å². The summed E-state index contributed by atoms with van der Waals surface area (Å²) >= 11 is 0. The first-order valence-corrected chi connectivity index (χ1v) is 8.97. The molecule has 0 spiro atoms. The van der Waals surface area contributed by atoms with Gasteiger partial charge in [0.15, 0.2) is 0 Å². The van der Waals surface area contributed by atoms with Gasteiger partial charge in [-0.25, -0.2) is 0 Å². The Morgan fingerprint density at radius 2 is 1.89 bits per heavy atom. The van der Waals surface area contributed by atoms with Gasteiger partial charge in [-0.1, -0.05) is 30.3 Å². The number of carbonyl (C=O) groups is 2. The molecule has 1 aliphatic heterocycles. The number of halogens is 2. The molecule has 2 heterocycles. The van der Waals surface area contributed by atoms with Crippen molar-refractivity contribution < 1.29 is 28.6 Å². The second kappa shape index (κ2) is 7.71. The molecule has 1 aromatic heterocycles. The lowest BCUT2D eigenvalue weighted by molar-refractivity contribution is -0.161. The molecule has 2 N–H and O–H groups in total. The van der Waals surface area contributed by atoms with E-state index < -0.39 is 29.9 Å². The molecule has 3 rings (SSSR count). The third-order valence-electron chi connectivity index (χ3n) is 5.40. The predicted molar refractivity (Wildman–Crippen MR) is 97.2 cm³/mol. The Morgan fingerprint density at radius 3 is 2.50 bits per heavy atom. The van der Waals surface area contributed by atoms with Crippen LogP contribution in [0.2, 0.25) is 0 Å². The van der Waals surface area contributed by atoms with Crippen LogP contribution >= 0.6 is 0 Å². The maximum Gasteiger partial charge on any atom is 0.319 e. The van der Waals surface area contributed by atoms with Crippen molar-refractivity contribution in [1.82, 2.24) is 9.47 Å². The van der Waals surface area contributed by atoms with Gasteiger partial charge in [0.1, 0.15) is 11.1 Å². The molecule has 0 radical (unpaired) electrons. The van der Waals surface area contributed by atoms with E-state index in [1.54, 1.807) is 30.3 Å². The zero-order valence-corrected chi connectivity index (χ0v) is 15.4. The van der Waals surface area contributed by atoms with E-state index in [9.17, 15) is 28.6 Å². The lowest BCUT2D eigenvalue weighted by Gasteiger charge is -2.43. The number of nitrogens with zero attached hydrogens (tertiary/aromatic N) is 2. The highest BCUT2D eigenvalue weighted by molar-refractivity contribution is 5.93. The van der Waals surface area contributed by atoms with Crippen LogP contribution in [0.3, 0.4) is 0 Å². The van der Waals surface area contributed by atoms with Gasteiger partial charge >= 0.3 is 12.5 Å². The first-order chi connectivity index (χ1) is 13.3. The van der Waals surface area contributed by atoms with E-state index in [4.69, 9.17) is 0 Å². The predicted octanol–water partition coefficient (Wildman–Crippen LogP) is 2.71. The zero-order valence-electron chi connectivity index (χ0n) is 15.4. The Labute approximate surface area is 161 Å². The molecule has 1 saturated heterocycles. The van der Waals surface area contributed by atoms with Crippen LogP contribution in [-0.2, 0) is 11.2 Å². The summed E-state index contributed by atoms with van der Waals surface area (Å²) in [5.41, 5.74) is -0.843. The number of aromatic nitrogens is 1. The average Bonchev–Trinajstić information content (AvgIpc) is 3.05. The minimum Gasteiger partial charge on any atom is -0.481 e. The summed E-state index contributed by atoms with van der Waals surface area (Å²) in [6, 6.07) is 11.6. The van der Waals surface area contributed by atoms with Gasteiger partial charge in [0.2, 0.25) is 0 Å². The Bertz CT molecular complexity index is 868. The van der Waals surface area contributed by atoms with Crippen molar-refractivity contribution in [2.45, 2.75) is 32.4 Å². The van der Waals surface area contributed by atoms with Crippen LogP contribution in [0.4, 0.5) is 8.78 Å². The summed E-state index contributed by atoms with van der Waals surface area (Å²) in [5.74, 6) is -1.89. The normalized spacial score (nSPS) is 22.5. The number of aliphatic hydroxyl groups is 1. The maximum absolute atomic E-state index is 13.3. The molecule has 28 heavy (non-hydrogen) atoms. The van der Waals surface area contributed by atoms with E-state index in [1.807, 2.05) is 0 Å². The molecule has 1 amide bonds. The highest BCUT2D eigenvalue weighted by Crippen LogP contribution is 2.35. The van der Waals surface area contributed by atoms with Crippen molar-refractivity contribution >= 4 is 11.9 Å².